The van der Waals surface area contributed by atoms with E-state index in [0.29, 0.717) is 38.3 Å². The van der Waals surface area contributed by atoms with Gasteiger partial charge in [0.05, 0.1) is 18.2 Å². The second-order valence-electron chi connectivity index (χ2n) is 7.94. The molecule has 7 heteroatoms. The fourth-order valence-corrected chi connectivity index (χ4v) is 4.18. The van der Waals surface area contributed by atoms with Crippen LogP contribution in [0.1, 0.15) is 55.0 Å². The number of ether oxygens (including phenoxy) is 1. The second kappa shape index (κ2) is 10.4. The Hall–Kier alpha value is -2.59. The number of hydrogen-bond donors (Lipinski definition) is 0. The van der Waals surface area contributed by atoms with Crippen molar-refractivity contribution in [2.45, 2.75) is 54.1 Å². The van der Waals surface area contributed by atoms with Gasteiger partial charge in [-0.2, -0.15) is 5.26 Å². The van der Waals surface area contributed by atoms with Crippen LogP contribution in [0.25, 0.3) is 6.08 Å². The summed E-state index contributed by atoms with van der Waals surface area (Å²) in [6.45, 7) is 15.4. The van der Waals surface area contributed by atoms with Crippen molar-refractivity contribution in [1.29, 1.82) is 5.26 Å². The summed E-state index contributed by atoms with van der Waals surface area (Å²) in [5.74, 6) is -0.182. The molecule has 1 atom stereocenters. The van der Waals surface area contributed by atoms with Crippen molar-refractivity contribution in [2.75, 3.05) is 32.8 Å². The van der Waals surface area contributed by atoms with Crippen molar-refractivity contribution in [3.8, 4) is 6.07 Å². The molecular formula is C23H34N4O3. The highest BCUT2D eigenvalue weighted by molar-refractivity contribution is 5.98. The zero-order chi connectivity index (χ0) is 22.4. The van der Waals surface area contributed by atoms with E-state index in [1.165, 1.54) is 0 Å². The highest BCUT2D eigenvalue weighted by Gasteiger charge is 2.27. The molecule has 0 aliphatic carbocycles. The minimum atomic E-state index is -0.359. The van der Waals surface area contributed by atoms with Crippen molar-refractivity contribution in [3.05, 3.63) is 28.6 Å². The van der Waals surface area contributed by atoms with E-state index < -0.39 is 0 Å². The lowest BCUT2D eigenvalue weighted by Crippen LogP contribution is -2.52. The average molecular weight is 415 g/mol. The first-order valence-corrected chi connectivity index (χ1v) is 10.7. The Balaban J connectivity index is 2.16. The molecule has 1 aromatic heterocycles. The first kappa shape index (κ1) is 23.7. The molecule has 0 bridgehead atoms. The van der Waals surface area contributed by atoms with E-state index in [0.717, 1.165) is 23.5 Å². The summed E-state index contributed by atoms with van der Waals surface area (Å²) >= 11 is 0. The number of nitriles is 1. The third-order valence-corrected chi connectivity index (χ3v) is 5.80. The van der Waals surface area contributed by atoms with Gasteiger partial charge < -0.3 is 14.2 Å². The highest BCUT2D eigenvalue weighted by Crippen LogP contribution is 2.25. The first-order chi connectivity index (χ1) is 14.3. The number of nitrogens with zero attached hydrogens (tertiary/aromatic N) is 4. The standard InChI is InChI=1S/C23H34N4O3/c1-7-27-17(5)19(22(18(27)6)23(29)30-8-2)9-10-21(28)26-13-11-25(12-14-26)20(15-24)16(3)4/h9-10,16,20H,7-8,11-14H2,1-6H3/b10-9+. The molecule has 7 nitrogen and oxygen atoms in total. The minimum Gasteiger partial charge on any atom is -0.462 e. The Morgan fingerprint density at radius 3 is 2.27 bits per heavy atom. The van der Waals surface area contributed by atoms with E-state index >= 15 is 0 Å². The van der Waals surface area contributed by atoms with E-state index in [2.05, 4.69) is 15.5 Å². The summed E-state index contributed by atoms with van der Waals surface area (Å²) < 4.78 is 7.29. The molecule has 0 radical (unpaired) electrons. The molecule has 1 aromatic rings. The van der Waals surface area contributed by atoms with Gasteiger partial charge in [0, 0.05) is 55.8 Å². The number of aromatic nitrogens is 1. The fourth-order valence-electron chi connectivity index (χ4n) is 4.18. The maximum atomic E-state index is 12.8. The predicted molar refractivity (Wildman–Crippen MR) is 117 cm³/mol. The van der Waals surface area contributed by atoms with Gasteiger partial charge >= 0.3 is 5.97 Å². The lowest BCUT2D eigenvalue weighted by Gasteiger charge is -2.37. The number of carbonyl (C=O) groups is 2. The third kappa shape index (κ3) is 4.93. The Labute approximate surface area is 179 Å². The summed E-state index contributed by atoms with van der Waals surface area (Å²) in [5.41, 5.74) is 3.06. The predicted octanol–water partition coefficient (Wildman–Crippen LogP) is 3.01. The number of carbonyl (C=O) groups excluding carboxylic acids is 2. The largest absolute Gasteiger partial charge is 0.462 e. The Bertz CT molecular complexity index is 840. The number of amides is 1. The van der Waals surface area contributed by atoms with Crippen LogP contribution in [0, 0.1) is 31.1 Å². The van der Waals surface area contributed by atoms with Gasteiger partial charge in [-0.1, -0.05) is 13.8 Å². The van der Waals surface area contributed by atoms with E-state index in [1.54, 1.807) is 24.0 Å². The molecule has 164 valence electrons. The Kier molecular flexibility index (Phi) is 8.24. The maximum Gasteiger partial charge on any atom is 0.340 e. The van der Waals surface area contributed by atoms with Crippen molar-refractivity contribution in [2.24, 2.45) is 5.92 Å². The van der Waals surface area contributed by atoms with Crippen LogP contribution >= 0.6 is 0 Å². The number of hydrogen-bond acceptors (Lipinski definition) is 5. The lowest BCUT2D eigenvalue weighted by atomic mass is 10.0. The Morgan fingerprint density at radius 1 is 1.13 bits per heavy atom. The smallest absolute Gasteiger partial charge is 0.340 e. The number of piperazine rings is 1. The molecular weight excluding hydrogens is 380 g/mol. The molecule has 0 aromatic carbocycles. The molecule has 1 saturated heterocycles. The van der Waals surface area contributed by atoms with Crippen LogP contribution in [0.3, 0.4) is 0 Å². The van der Waals surface area contributed by atoms with Crippen molar-refractivity contribution in [3.63, 3.8) is 0 Å². The summed E-state index contributed by atoms with van der Waals surface area (Å²) in [6.07, 6.45) is 3.28. The van der Waals surface area contributed by atoms with Crippen molar-refractivity contribution in [1.82, 2.24) is 14.4 Å². The van der Waals surface area contributed by atoms with Crippen molar-refractivity contribution < 1.29 is 14.3 Å². The van der Waals surface area contributed by atoms with Crippen LogP contribution in [-0.2, 0) is 16.1 Å². The molecule has 1 fully saturated rings. The average Bonchev–Trinajstić information content (AvgIpc) is 2.96. The van der Waals surface area contributed by atoms with E-state index in [4.69, 9.17) is 4.74 Å². The lowest BCUT2D eigenvalue weighted by molar-refractivity contribution is -0.127. The first-order valence-electron chi connectivity index (χ1n) is 10.7. The van der Waals surface area contributed by atoms with E-state index in [9.17, 15) is 14.9 Å². The van der Waals surface area contributed by atoms with E-state index in [-0.39, 0.29) is 23.8 Å². The Morgan fingerprint density at radius 2 is 1.77 bits per heavy atom. The third-order valence-electron chi connectivity index (χ3n) is 5.80. The van der Waals surface area contributed by atoms with Crippen molar-refractivity contribution >= 4 is 18.0 Å². The second-order valence-corrected chi connectivity index (χ2v) is 7.94. The van der Waals surface area contributed by atoms with Gasteiger partial charge in [-0.25, -0.2) is 4.79 Å². The summed E-state index contributed by atoms with van der Waals surface area (Å²) in [7, 11) is 0. The van der Waals surface area contributed by atoms with Gasteiger partial charge in [0.25, 0.3) is 0 Å². The quantitative estimate of drug-likeness (QED) is 0.506. The van der Waals surface area contributed by atoms with Gasteiger partial charge in [-0.15, -0.1) is 0 Å². The molecule has 2 heterocycles. The SMILES string of the molecule is CCOC(=O)c1c(/C=C/C(=O)N2CCN(C(C#N)C(C)C)CC2)c(C)n(CC)c1C. The molecule has 2 rings (SSSR count). The topological polar surface area (TPSA) is 78.6 Å². The van der Waals surface area contributed by atoms with Crippen LogP contribution < -0.4 is 0 Å². The summed E-state index contributed by atoms with van der Waals surface area (Å²) in [4.78, 5) is 29.2. The molecule has 0 spiro atoms. The van der Waals surface area contributed by atoms with E-state index in [1.807, 2.05) is 34.6 Å². The molecule has 1 aliphatic heterocycles. The molecule has 30 heavy (non-hydrogen) atoms. The molecule has 1 amide bonds. The monoisotopic (exact) mass is 414 g/mol. The fraction of sp³-hybridized carbons (Fsp3) is 0.609. The van der Waals surface area contributed by atoms with Gasteiger partial charge in [0.15, 0.2) is 0 Å². The molecule has 1 aliphatic rings. The minimum absolute atomic E-state index is 0.0798. The van der Waals surface area contributed by atoms with Crippen LogP contribution in [0.5, 0.6) is 0 Å². The molecule has 0 saturated carbocycles. The van der Waals surface area contributed by atoms with Crippen LogP contribution in [0.4, 0.5) is 0 Å². The summed E-state index contributed by atoms with van der Waals surface area (Å²) in [5, 5.41) is 9.39. The van der Waals surface area contributed by atoms with Gasteiger partial charge in [0.2, 0.25) is 5.91 Å². The summed E-state index contributed by atoms with van der Waals surface area (Å²) in [6, 6.07) is 2.25. The van der Waals surface area contributed by atoms with Crippen LogP contribution in [-0.4, -0.2) is 65.1 Å². The number of esters is 1. The highest BCUT2D eigenvalue weighted by atomic mass is 16.5. The van der Waals surface area contributed by atoms with Gasteiger partial charge in [-0.3, -0.25) is 9.69 Å². The zero-order valence-electron chi connectivity index (χ0n) is 19.1. The zero-order valence-corrected chi connectivity index (χ0v) is 19.1. The van der Waals surface area contributed by atoms with Crippen LogP contribution in [0.15, 0.2) is 6.08 Å². The van der Waals surface area contributed by atoms with Gasteiger partial charge in [0.1, 0.15) is 6.04 Å². The number of rotatable bonds is 7. The molecule has 1 unspecified atom stereocenters. The van der Waals surface area contributed by atoms with Crippen LogP contribution in [0.2, 0.25) is 0 Å². The normalized spacial score (nSPS) is 16.1. The van der Waals surface area contributed by atoms with Gasteiger partial charge in [-0.05, 0) is 39.7 Å². The maximum absolute atomic E-state index is 12.8. The molecule has 0 N–H and O–H groups in total.